The first-order valence-electron chi connectivity index (χ1n) is 11.0. The molecule has 0 radical (unpaired) electrons. The third kappa shape index (κ3) is 4.37. The normalized spacial score (nSPS) is 30.8. The van der Waals surface area contributed by atoms with E-state index < -0.39 is 5.92 Å². The molecule has 29 heavy (non-hydrogen) atoms. The summed E-state index contributed by atoms with van der Waals surface area (Å²) in [5.41, 5.74) is 9.04. The molecule has 0 unspecified atom stereocenters. The summed E-state index contributed by atoms with van der Waals surface area (Å²) in [6, 6.07) is 0. The number of fused-ring (bicyclic) bond motifs is 1. The number of likely N-dealkylation sites (N-methyl/N-ethyl adjacent to an activating group) is 1. The lowest BCUT2D eigenvalue weighted by Gasteiger charge is -2.48. The van der Waals surface area contributed by atoms with Crippen LogP contribution in [-0.2, 0) is 24.2 Å². The molecular weight excluding hydrogens is 374 g/mol. The van der Waals surface area contributed by atoms with Crippen molar-refractivity contribution >= 4 is 0 Å². The van der Waals surface area contributed by atoms with Crippen molar-refractivity contribution in [3.05, 3.63) is 17.0 Å². The topological polar surface area (TPSA) is 56.3 Å². The van der Waals surface area contributed by atoms with Gasteiger partial charge in [0.2, 0.25) is 0 Å². The minimum Gasteiger partial charge on any atom is -0.380 e. The zero-order valence-corrected chi connectivity index (χ0v) is 18.1. The van der Waals surface area contributed by atoms with Crippen LogP contribution in [0.3, 0.4) is 0 Å². The number of alkyl halides is 2. The molecule has 2 aliphatic heterocycles. The smallest absolute Gasteiger partial charge is 0.272 e. The fourth-order valence-electron chi connectivity index (χ4n) is 6.05. The Morgan fingerprint density at radius 1 is 1.24 bits per heavy atom. The van der Waals surface area contributed by atoms with Crippen LogP contribution >= 0.6 is 0 Å². The van der Waals surface area contributed by atoms with Gasteiger partial charge >= 0.3 is 0 Å². The summed E-state index contributed by atoms with van der Waals surface area (Å²) < 4.78 is 35.8. The Hall–Kier alpha value is -1.05. The molecule has 3 heterocycles. The second-order valence-corrected chi connectivity index (χ2v) is 10.6. The molecule has 1 aromatic heterocycles. The van der Waals surface area contributed by atoms with Crippen LogP contribution < -0.4 is 5.73 Å². The first kappa shape index (κ1) is 21.2. The SMILES string of the molecule is CN(CCN)Cc1nn2c(c1[C@H]1CC[C@@]3(CC1)COCC(C)(C)C3)CC(F)(F)C2. The maximum absolute atomic E-state index is 14.1. The first-order valence-corrected chi connectivity index (χ1v) is 11.0. The molecule has 2 fully saturated rings. The maximum atomic E-state index is 14.1. The number of nitrogens with zero attached hydrogens (tertiary/aromatic N) is 3. The van der Waals surface area contributed by atoms with E-state index in [2.05, 4.69) is 23.8 Å². The van der Waals surface area contributed by atoms with E-state index in [0.29, 0.717) is 19.0 Å². The number of hydrogen-bond acceptors (Lipinski definition) is 4. The van der Waals surface area contributed by atoms with Crippen molar-refractivity contribution < 1.29 is 13.5 Å². The number of halogens is 2. The van der Waals surface area contributed by atoms with Crippen LogP contribution in [0, 0.1) is 10.8 Å². The monoisotopic (exact) mass is 410 g/mol. The minimum atomic E-state index is -2.67. The lowest BCUT2D eigenvalue weighted by Crippen LogP contribution is -2.43. The van der Waals surface area contributed by atoms with Gasteiger partial charge in [-0.25, -0.2) is 8.78 Å². The van der Waals surface area contributed by atoms with Gasteiger partial charge in [0.1, 0.15) is 6.54 Å². The molecule has 1 aromatic rings. The zero-order valence-electron chi connectivity index (χ0n) is 18.1. The van der Waals surface area contributed by atoms with E-state index in [9.17, 15) is 8.78 Å². The molecule has 3 aliphatic rings. The molecule has 0 amide bonds. The molecule has 0 bridgehead atoms. The predicted molar refractivity (Wildman–Crippen MR) is 109 cm³/mol. The Balaban J connectivity index is 1.55. The largest absolute Gasteiger partial charge is 0.380 e. The van der Waals surface area contributed by atoms with Crippen molar-refractivity contribution in [2.45, 2.75) is 77.3 Å². The molecule has 1 aliphatic carbocycles. The van der Waals surface area contributed by atoms with Crippen molar-refractivity contribution in [3.63, 3.8) is 0 Å². The summed E-state index contributed by atoms with van der Waals surface area (Å²) in [4.78, 5) is 2.14. The first-order chi connectivity index (χ1) is 13.6. The fraction of sp³-hybridized carbons (Fsp3) is 0.864. The highest BCUT2D eigenvalue weighted by atomic mass is 19.3. The van der Waals surface area contributed by atoms with Crippen LogP contribution in [0.25, 0.3) is 0 Å². The lowest BCUT2D eigenvalue weighted by molar-refractivity contribution is -0.0928. The number of ether oxygens (including phenoxy) is 1. The average Bonchev–Trinajstić information content (AvgIpc) is 3.06. The van der Waals surface area contributed by atoms with Gasteiger partial charge in [0, 0.05) is 30.9 Å². The summed E-state index contributed by atoms with van der Waals surface area (Å²) in [6.07, 6.45) is 5.33. The lowest BCUT2D eigenvalue weighted by atomic mass is 9.62. The van der Waals surface area contributed by atoms with Gasteiger partial charge in [0.25, 0.3) is 5.92 Å². The zero-order chi connectivity index (χ0) is 20.9. The van der Waals surface area contributed by atoms with Crippen molar-refractivity contribution in [2.24, 2.45) is 16.6 Å². The Morgan fingerprint density at radius 3 is 2.62 bits per heavy atom. The van der Waals surface area contributed by atoms with E-state index in [1.807, 2.05) is 7.05 Å². The highest BCUT2D eigenvalue weighted by molar-refractivity contribution is 5.34. The summed E-state index contributed by atoms with van der Waals surface area (Å²) >= 11 is 0. The molecule has 2 N–H and O–H groups in total. The van der Waals surface area contributed by atoms with Gasteiger partial charge < -0.3 is 10.5 Å². The summed E-state index contributed by atoms with van der Waals surface area (Å²) in [5.74, 6) is -2.35. The van der Waals surface area contributed by atoms with Crippen LogP contribution in [0.4, 0.5) is 8.78 Å². The molecule has 4 rings (SSSR count). The molecule has 7 heteroatoms. The van der Waals surface area contributed by atoms with Gasteiger partial charge in [-0.3, -0.25) is 9.58 Å². The molecule has 0 atom stereocenters. The van der Waals surface area contributed by atoms with Crippen LogP contribution in [0.15, 0.2) is 0 Å². The van der Waals surface area contributed by atoms with Crippen LogP contribution in [-0.4, -0.2) is 54.0 Å². The minimum absolute atomic E-state index is 0.173. The highest BCUT2D eigenvalue weighted by Gasteiger charge is 2.46. The Morgan fingerprint density at radius 2 is 1.97 bits per heavy atom. The van der Waals surface area contributed by atoms with Gasteiger partial charge in [-0.2, -0.15) is 5.10 Å². The van der Waals surface area contributed by atoms with Crippen LogP contribution in [0.2, 0.25) is 0 Å². The number of nitrogens with two attached hydrogens (primary N) is 1. The van der Waals surface area contributed by atoms with E-state index in [4.69, 9.17) is 10.5 Å². The van der Waals surface area contributed by atoms with Crippen molar-refractivity contribution in [1.82, 2.24) is 14.7 Å². The molecular formula is C22H36F2N4O. The van der Waals surface area contributed by atoms with Gasteiger partial charge in [0.15, 0.2) is 0 Å². The van der Waals surface area contributed by atoms with E-state index in [-0.39, 0.29) is 23.8 Å². The Labute approximate surface area is 172 Å². The number of aromatic nitrogens is 2. The third-order valence-electron chi connectivity index (χ3n) is 7.12. The molecule has 0 aromatic carbocycles. The standard InChI is InChI=1S/C22H36F2N4O/c1-20(2)12-21(15-29-14-20)6-4-16(5-7-21)19-17(11-27(3)9-8-25)26-28-13-22(23,24)10-18(19)28/h16H,4-15,25H2,1-3H3/t16-,21-. The van der Waals surface area contributed by atoms with E-state index in [1.165, 1.54) is 6.42 Å². The van der Waals surface area contributed by atoms with Crippen molar-refractivity contribution in [2.75, 3.05) is 33.4 Å². The summed E-state index contributed by atoms with van der Waals surface area (Å²) in [6.45, 7) is 8.01. The van der Waals surface area contributed by atoms with Crippen molar-refractivity contribution in [1.29, 1.82) is 0 Å². The number of rotatable bonds is 5. The highest BCUT2D eigenvalue weighted by Crippen LogP contribution is 2.52. The molecule has 1 saturated carbocycles. The quantitative estimate of drug-likeness (QED) is 0.807. The van der Waals surface area contributed by atoms with E-state index >= 15 is 0 Å². The van der Waals surface area contributed by atoms with Crippen LogP contribution in [0.1, 0.15) is 68.8 Å². The second-order valence-electron chi connectivity index (χ2n) is 10.6. The Kier molecular flexibility index (Phi) is 5.53. The van der Waals surface area contributed by atoms with E-state index in [0.717, 1.165) is 62.4 Å². The summed E-state index contributed by atoms with van der Waals surface area (Å²) in [5, 5.41) is 4.64. The second kappa shape index (κ2) is 7.57. The summed E-state index contributed by atoms with van der Waals surface area (Å²) in [7, 11) is 2.02. The van der Waals surface area contributed by atoms with Crippen LogP contribution in [0.5, 0.6) is 0 Å². The Bertz CT molecular complexity index is 737. The van der Waals surface area contributed by atoms with Gasteiger partial charge in [-0.15, -0.1) is 0 Å². The predicted octanol–water partition coefficient (Wildman–Crippen LogP) is 3.56. The molecule has 164 valence electrons. The van der Waals surface area contributed by atoms with Gasteiger partial charge in [-0.05, 0) is 55.9 Å². The molecule has 1 spiro atoms. The maximum Gasteiger partial charge on any atom is 0.272 e. The number of hydrogen-bond donors (Lipinski definition) is 1. The fourth-order valence-corrected chi connectivity index (χ4v) is 6.05. The van der Waals surface area contributed by atoms with E-state index in [1.54, 1.807) is 4.68 Å². The van der Waals surface area contributed by atoms with Crippen molar-refractivity contribution in [3.8, 4) is 0 Å². The van der Waals surface area contributed by atoms with Gasteiger partial charge in [-0.1, -0.05) is 13.8 Å². The molecule has 5 nitrogen and oxygen atoms in total. The average molecular weight is 411 g/mol. The third-order valence-corrected chi connectivity index (χ3v) is 7.12. The molecule has 1 saturated heterocycles. The van der Waals surface area contributed by atoms with Gasteiger partial charge in [0.05, 0.1) is 25.3 Å².